The summed E-state index contributed by atoms with van der Waals surface area (Å²) in [6.07, 6.45) is 4.81. The molecule has 2 N–H and O–H groups in total. The van der Waals surface area contributed by atoms with E-state index in [-0.39, 0.29) is 0 Å². The molecule has 1 aromatic carbocycles. The Balaban J connectivity index is 1.85. The molecule has 5 heteroatoms. The molecule has 3 nitrogen and oxygen atoms in total. The summed E-state index contributed by atoms with van der Waals surface area (Å²) in [5, 5.41) is 7.93. The highest BCUT2D eigenvalue weighted by Gasteiger charge is 2.21. The van der Waals surface area contributed by atoms with Gasteiger partial charge in [0.1, 0.15) is 0 Å². The van der Waals surface area contributed by atoms with E-state index in [0.717, 1.165) is 30.0 Å². The van der Waals surface area contributed by atoms with Gasteiger partial charge in [0.2, 0.25) is 0 Å². The van der Waals surface area contributed by atoms with Crippen molar-refractivity contribution in [1.29, 1.82) is 0 Å². The van der Waals surface area contributed by atoms with Gasteiger partial charge in [0.15, 0.2) is 5.96 Å². The SMILES string of the molecule is CN=C(NCC1CC1)NCC(SC)c1cccc(Cl)c1. The lowest BCUT2D eigenvalue weighted by atomic mass is 10.1. The molecule has 20 heavy (non-hydrogen) atoms. The first-order valence-electron chi connectivity index (χ1n) is 6.95. The fourth-order valence-corrected chi connectivity index (χ4v) is 2.88. The summed E-state index contributed by atoms with van der Waals surface area (Å²) in [6.45, 7) is 1.87. The summed E-state index contributed by atoms with van der Waals surface area (Å²) in [4.78, 5) is 4.26. The van der Waals surface area contributed by atoms with Crippen LogP contribution in [0, 0.1) is 5.92 Å². The van der Waals surface area contributed by atoms with Crippen molar-refractivity contribution in [2.24, 2.45) is 10.9 Å². The summed E-state index contributed by atoms with van der Waals surface area (Å²) in [7, 11) is 1.82. The number of hydrogen-bond acceptors (Lipinski definition) is 2. The minimum atomic E-state index is 0.369. The number of nitrogens with one attached hydrogen (secondary N) is 2. The predicted octanol–water partition coefficient (Wildman–Crippen LogP) is 3.32. The third-order valence-corrected chi connectivity index (χ3v) is 4.68. The van der Waals surface area contributed by atoms with Crippen LogP contribution in [-0.4, -0.2) is 32.4 Å². The van der Waals surface area contributed by atoms with Crippen LogP contribution in [0.3, 0.4) is 0 Å². The lowest BCUT2D eigenvalue weighted by Gasteiger charge is -2.18. The Morgan fingerprint density at radius 3 is 2.85 bits per heavy atom. The van der Waals surface area contributed by atoms with Crippen LogP contribution in [0.2, 0.25) is 5.02 Å². The Morgan fingerprint density at radius 1 is 1.45 bits per heavy atom. The molecule has 0 amide bonds. The summed E-state index contributed by atoms with van der Waals surface area (Å²) >= 11 is 7.88. The minimum Gasteiger partial charge on any atom is -0.356 e. The van der Waals surface area contributed by atoms with Crippen molar-refractivity contribution in [2.45, 2.75) is 18.1 Å². The molecule has 1 aliphatic rings. The first-order chi connectivity index (χ1) is 9.72. The second-order valence-corrected chi connectivity index (χ2v) is 6.53. The van der Waals surface area contributed by atoms with Crippen LogP contribution in [0.25, 0.3) is 0 Å². The van der Waals surface area contributed by atoms with Crippen LogP contribution in [-0.2, 0) is 0 Å². The molecule has 1 fully saturated rings. The van der Waals surface area contributed by atoms with E-state index in [1.807, 2.05) is 37.0 Å². The molecule has 1 aromatic rings. The summed E-state index contributed by atoms with van der Waals surface area (Å²) in [5.41, 5.74) is 1.25. The molecule has 0 radical (unpaired) electrons. The fourth-order valence-electron chi connectivity index (χ4n) is 2.02. The zero-order chi connectivity index (χ0) is 14.4. The Labute approximate surface area is 130 Å². The molecule has 0 heterocycles. The number of hydrogen-bond donors (Lipinski definition) is 2. The molecule has 0 aliphatic heterocycles. The van der Waals surface area contributed by atoms with Gasteiger partial charge in [0, 0.05) is 30.4 Å². The zero-order valence-electron chi connectivity index (χ0n) is 12.0. The molecule has 1 unspecified atom stereocenters. The second kappa shape index (κ2) is 7.79. The quantitative estimate of drug-likeness (QED) is 0.625. The molecule has 1 aliphatic carbocycles. The van der Waals surface area contributed by atoms with Gasteiger partial charge >= 0.3 is 0 Å². The Morgan fingerprint density at radius 2 is 2.25 bits per heavy atom. The highest BCUT2D eigenvalue weighted by molar-refractivity contribution is 7.98. The molecular weight excluding hydrogens is 290 g/mol. The number of rotatable bonds is 6. The van der Waals surface area contributed by atoms with Crippen molar-refractivity contribution in [2.75, 3.05) is 26.4 Å². The molecular formula is C15H22ClN3S. The van der Waals surface area contributed by atoms with Crippen LogP contribution in [0.15, 0.2) is 29.3 Å². The van der Waals surface area contributed by atoms with Crippen LogP contribution in [0.1, 0.15) is 23.7 Å². The summed E-state index contributed by atoms with van der Waals surface area (Å²) in [6, 6.07) is 8.06. The molecule has 1 atom stereocenters. The van der Waals surface area contributed by atoms with Crippen LogP contribution in [0.4, 0.5) is 0 Å². The predicted molar refractivity (Wildman–Crippen MR) is 89.8 cm³/mol. The van der Waals surface area contributed by atoms with Crippen molar-refractivity contribution in [1.82, 2.24) is 10.6 Å². The normalized spacial score (nSPS) is 16.9. The van der Waals surface area contributed by atoms with E-state index >= 15 is 0 Å². The van der Waals surface area contributed by atoms with Crippen LogP contribution < -0.4 is 10.6 Å². The maximum Gasteiger partial charge on any atom is 0.191 e. The first kappa shape index (κ1) is 15.5. The summed E-state index contributed by atoms with van der Waals surface area (Å²) < 4.78 is 0. The van der Waals surface area contributed by atoms with Crippen molar-refractivity contribution < 1.29 is 0 Å². The van der Waals surface area contributed by atoms with Crippen molar-refractivity contribution in [3.8, 4) is 0 Å². The number of halogens is 1. The number of benzene rings is 1. The third kappa shape index (κ3) is 4.91. The second-order valence-electron chi connectivity index (χ2n) is 5.06. The van der Waals surface area contributed by atoms with Crippen molar-refractivity contribution >= 4 is 29.3 Å². The van der Waals surface area contributed by atoms with E-state index in [2.05, 4.69) is 27.9 Å². The van der Waals surface area contributed by atoms with E-state index in [9.17, 15) is 0 Å². The average Bonchev–Trinajstić information content (AvgIpc) is 3.27. The summed E-state index contributed by atoms with van der Waals surface area (Å²) in [5.74, 6) is 1.73. The van der Waals surface area contributed by atoms with Gasteiger partial charge < -0.3 is 10.6 Å². The number of thioether (sulfide) groups is 1. The van der Waals surface area contributed by atoms with E-state index in [1.165, 1.54) is 18.4 Å². The Hall–Kier alpha value is -0.870. The number of nitrogens with zero attached hydrogens (tertiary/aromatic N) is 1. The van der Waals surface area contributed by atoms with E-state index in [1.54, 1.807) is 0 Å². The molecule has 110 valence electrons. The Bertz CT molecular complexity index is 460. The maximum atomic E-state index is 6.06. The first-order valence-corrected chi connectivity index (χ1v) is 8.62. The minimum absolute atomic E-state index is 0.369. The van der Waals surface area contributed by atoms with E-state index < -0.39 is 0 Å². The van der Waals surface area contributed by atoms with Gasteiger partial charge in [0.25, 0.3) is 0 Å². The molecule has 0 aromatic heterocycles. The maximum absolute atomic E-state index is 6.06. The fraction of sp³-hybridized carbons (Fsp3) is 0.533. The highest BCUT2D eigenvalue weighted by atomic mass is 35.5. The standard InChI is InChI=1S/C15H22ClN3S/c1-17-15(18-9-11-6-7-11)19-10-14(20-2)12-4-3-5-13(16)8-12/h3-5,8,11,14H,6-7,9-10H2,1-2H3,(H2,17,18,19). The van der Waals surface area contributed by atoms with Gasteiger partial charge in [-0.25, -0.2) is 0 Å². The molecule has 0 spiro atoms. The Kier molecular flexibility index (Phi) is 6.05. The molecule has 2 rings (SSSR count). The smallest absolute Gasteiger partial charge is 0.191 e. The largest absolute Gasteiger partial charge is 0.356 e. The third-order valence-electron chi connectivity index (χ3n) is 3.44. The highest BCUT2D eigenvalue weighted by Crippen LogP contribution is 2.28. The molecule has 0 saturated heterocycles. The van der Waals surface area contributed by atoms with Gasteiger partial charge in [-0.15, -0.1) is 0 Å². The number of aliphatic imine (C=N–C) groups is 1. The van der Waals surface area contributed by atoms with E-state index in [4.69, 9.17) is 11.6 Å². The molecule has 0 bridgehead atoms. The van der Waals surface area contributed by atoms with Crippen LogP contribution >= 0.6 is 23.4 Å². The van der Waals surface area contributed by atoms with Crippen molar-refractivity contribution in [3.63, 3.8) is 0 Å². The lowest BCUT2D eigenvalue weighted by molar-refractivity contribution is 0.732. The lowest BCUT2D eigenvalue weighted by Crippen LogP contribution is -2.39. The molecule has 1 saturated carbocycles. The van der Waals surface area contributed by atoms with Gasteiger partial charge in [-0.2, -0.15) is 11.8 Å². The zero-order valence-corrected chi connectivity index (χ0v) is 13.6. The topological polar surface area (TPSA) is 36.4 Å². The monoisotopic (exact) mass is 311 g/mol. The average molecular weight is 312 g/mol. The number of guanidine groups is 1. The van der Waals surface area contributed by atoms with Gasteiger partial charge in [-0.3, -0.25) is 4.99 Å². The van der Waals surface area contributed by atoms with Gasteiger partial charge in [-0.1, -0.05) is 23.7 Å². The van der Waals surface area contributed by atoms with E-state index in [0.29, 0.717) is 5.25 Å². The van der Waals surface area contributed by atoms with Gasteiger partial charge in [0.05, 0.1) is 0 Å². The van der Waals surface area contributed by atoms with Gasteiger partial charge in [-0.05, 0) is 42.7 Å². The van der Waals surface area contributed by atoms with Crippen molar-refractivity contribution in [3.05, 3.63) is 34.9 Å². The van der Waals surface area contributed by atoms with Crippen LogP contribution in [0.5, 0.6) is 0 Å².